The maximum atomic E-state index is 12.4. The van der Waals surface area contributed by atoms with E-state index in [1.807, 2.05) is 6.07 Å². The molecule has 7 nitrogen and oxygen atoms in total. The number of aromatic nitrogens is 1. The molecule has 0 bridgehead atoms. The second-order valence-corrected chi connectivity index (χ2v) is 9.54. The first-order valence-corrected chi connectivity index (χ1v) is 11.5. The molecule has 0 aliphatic rings. The van der Waals surface area contributed by atoms with Crippen molar-refractivity contribution in [2.24, 2.45) is 0 Å². The maximum Gasteiger partial charge on any atom is 0.412 e. The van der Waals surface area contributed by atoms with Crippen LogP contribution >= 0.6 is 11.6 Å². The van der Waals surface area contributed by atoms with Gasteiger partial charge in [0.2, 0.25) is 0 Å². The fraction of sp³-hybridized carbons (Fsp3) is 0.238. The van der Waals surface area contributed by atoms with E-state index in [-0.39, 0.29) is 5.75 Å². The Morgan fingerprint density at radius 2 is 1.93 bits per heavy atom. The number of anilines is 1. The predicted octanol–water partition coefficient (Wildman–Crippen LogP) is 5.16. The Labute approximate surface area is 179 Å². The molecule has 30 heavy (non-hydrogen) atoms. The maximum absolute atomic E-state index is 12.4. The standard InChI is InChI=1S/C21H21ClN2O5S/c1-13-19(23-21(25)28-14(2)17-5-4-6-18(22)11-17)20(29-24-13)16-9-7-15(8-10-16)12-30(3,26)27/h4-11,14H,12H2,1-3H3,(H,23,25). The number of carbonyl (C=O) groups excluding carboxylic acids is 1. The molecule has 1 unspecified atom stereocenters. The molecule has 0 saturated heterocycles. The zero-order valence-electron chi connectivity index (χ0n) is 16.7. The van der Waals surface area contributed by atoms with Crippen molar-refractivity contribution in [2.45, 2.75) is 25.7 Å². The molecule has 3 rings (SSSR count). The Kier molecular flexibility index (Phi) is 6.48. The van der Waals surface area contributed by atoms with Crippen LogP contribution < -0.4 is 5.32 Å². The normalized spacial score (nSPS) is 12.4. The molecule has 1 heterocycles. The molecule has 0 radical (unpaired) electrons. The fourth-order valence-corrected chi connectivity index (χ4v) is 3.89. The summed E-state index contributed by atoms with van der Waals surface area (Å²) < 4.78 is 33.7. The Balaban J connectivity index is 1.75. The van der Waals surface area contributed by atoms with Gasteiger partial charge in [0.15, 0.2) is 15.6 Å². The van der Waals surface area contributed by atoms with Gasteiger partial charge in [0.25, 0.3) is 0 Å². The number of hydrogen-bond acceptors (Lipinski definition) is 6. The predicted molar refractivity (Wildman–Crippen MR) is 115 cm³/mol. The number of benzene rings is 2. The molecular formula is C21H21ClN2O5S. The molecule has 1 aromatic heterocycles. The molecule has 158 valence electrons. The van der Waals surface area contributed by atoms with Crippen LogP contribution in [0.15, 0.2) is 53.1 Å². The van der Waals surface area contributed by atoms with Crippen LogP contribution in [-0.2, 0) is 20.3 Å². The van der Waals surface area contributed by atoms with Crippen LogP contribution in [0.5, 0.6) is 0 Å². The van der Waals surface area contributed by atoms with E-state index >= 15 is 0 Å². The summed E-state index contributed by atoms with van der Waals surface area (Å²) in [5.74, 6) is 0.299. The summed E-state index contributed by atoms with van der Waals surface area (Å²) in [6.07, 6.45) is 0.00460. The van der Waals surface area contributed by atoms with E-state index in [0.717, 1.165) is 5.56 Å². The van der Waals surface area contributed by atoms with Crippen molar-refractivity contribution < 1.29 is 22.5 Å². The van der Waals surface area contributed by atoms with Gasteiger partial charge >= 0.3 is 6.09 Å². The van der Waals surface area contributed by atoms with Crippen molar-refractivity contribution >= 4 is 33.2 Å². The molecule has 0 spiro atoms. The van der Waals surface area contributed by atoms with Gasteiger partial charge in [0, 0.05) is 16.8 Å². The number of rotatable bonds is 6. The van der Waals surface area contributed by atoms with Gasteiger partial charge in [-0.3, -0.25) is 5.32 Å². The first kappa shape index (κ1) is 21.9. The lowest BCUT2D eigenvalue weighted by atomic mass is 10.1. The number of sulfone groups is 1. The van der Waals surface area contributed by atoms with Crippen molar-refractivity contribution in [3.8, 4) is 11.3 Å². The average molecular weight is 449 g/mol. The number of carbonyl (C=O) groups is 1. The van der Waals surface area contributed by atoms with Crippen LogP contribution in [0.4, 0.5) is 10.5 Å². The summed E-state index contributed by atoms with van der Waals surface area (Å²) >= 11 is 5.99. The number of hydrogen-bond donors (Lipinski definition) is 1. The van der Waals surface area contributed by atoms with Gasteiger partial charge in [-0.25, -0.2) is 13.2 Å². The zero-order valence-corrected chi connectivity index (χ0v) is 18.3. The molecule has 0 fully saturated rings. The Bertz CT molecular complexity index is 1160. The van der Waals surface area contributed by atoms with Crippen molar-refractivity contribution in [3.05, 3.63) is 70.4 Å². The smallest absolute Gasteiger partial charge is 0.412 e. The number of nitrogens with zero attached hydrogens (tertiary/aromatic N) is 1. The highest BCUT2D eigenvalue weighted by atomic mass is 35.5. The molecule has 1 amide bonds. The van der Waals surface area contributed by atoms with Crippen LogP contribution in [0.2, 0.25) is 5.02 Å². The second-order valence-electron chi connectivity index (χ2n) is 6.97. The third-order valence-electron chi connectivity index (χ3n) is 4.34. The lowest BCUT2D eigenvalue weighted by Gasteiger charge is -2.14. The highest BCUT2D eigenvalue weighted by Gasteiger charge is 2.20. The highest BCUT2D eigenvalue weighted by molar-refractivity contribution is 7.89. The van der Waals surface area contributed by atoms with E-state index in [0.29, 0.717) is 33.3 Å². The van der Waals surface area contributed by atoms with E-state index in [1.165, 1.54) is 6.26 Å². The minimum atomic E-state index is -3.13. The van der Waals surface area contributed by atoms with Crippen molar-refractivity contribution in [1.82, 2.24) is 5.16 Å². The molecular weight excluding hydrogens is 428 g/mol. The number of amides is 1. The molecule has 9 heteroatoms. The minimum Gasteiger partial charge on any atom is -0.441 e. The van der Waals surface area contributed by atoms with E-state index in [2.05, 4.69) is 10.5 Å². The van der Waals surface area contributed by atoms with Crippen LogP contribution in [0.1, 0.15) is 29.8 Å². The van der Waals surface area contributed by atoms with Crippen LogP contribution in [0.25, 0.3) is 11.3 Å². The van der Waals surface area contributed by atoms with Gasteiger partial charge in [-0.15, -0.1) is 0 Å². The highest BCUT2D eigenvalue weighted by Crippen LogP contribution is 2.32. The van der Waals surface area contributed by atoms with E-state index in [1.54, 1.807) is 56.3 Å². The summed E-state index contributed by atoms with van der Waals surface area (Å²) in [6.45, 7) is 3.44. The van der Waals surface area contributed by atoms with Gasteiger partial charge in [-0.1, -0.05) is 53.2 Å². The number of nitrogens with one attached hydrogen (secondary N) is 1. The van der Waals surface area contributed by atoms with Crippen molar-refractivity contribution in [2.75, 3.05) is 11.6 Å². The number of aryl methyl sites for hydroxylation is 1. The second kappa shape index (κ2) is 8.89. The molecule has 1 N–H and O–H groups in total. The van der Waals surface area contributed by atoms with Gasteiger partial charge in [-0.05, 0) is 37.1 Å². The fourth-order valence-electron chi connectivity index (χ4n) is 2.89. The summed E-state index contributed by atoms with van der Waals surface area (Å²) in [5, 5.41) is 7.15. The molecule has 3 aromatic rings. The van der Waals surface area contributed by atoms with Crippen LogP contribution in [0.3, 0.4) is 0 Å². The average Bonchev–Trinajstić information content (AvgIpc) is 3.01. The van der Waals surface area contributed by atoms with Crippen LogP contribution in [0, 0.1) is 6.92 Å². The van der Waals surface area contributed by atoms with E-state index in [4.69, 9.17) is 20.9 Å². The number of halogens is 1. The molecule has 0 aliphatic carbocycles. The van der Waals surface area contributed by atoms with Gasteiger partial charge in [0.05, 0.1) is 5.75 Å². The lowest BCUT2D eigenvalue weighted by molar-refractivity contribution is 0.121. The number of ether oxygens (including phenoxy) is 1. The van der Waals surface area contributed by atoms with Gasteiger partial charge in [0.1, 0.15) is 17.5 Å². The summed E-state index contributed by atoms with van der Waals surface area (Å²) in [7, 11) is -3.13. The minimum absolute atomic E-state index is 0.0540. The monoisotopic (exact) mass is 448 g/mol. The lowest BCUT2D eigenvalue weighted by Crippen LogP contribution is -2.16. The van der Waals surface area contributed by atoms with Crippen molar-refractivity contribution in [1.29, 1.82) is 0 Å². The van der Waals surface area contributed by atoms with Gasteiger partial charge < -0.3 is 9.26 Å². The summed E-state index contributed by atoms with van der Waals surface area (Å²) in [5.41, 5.74) is 2.93. The first-order valence-electron chi connectivity index (χ1n) is 9.09. The summed E-state index contributed by atoms with van der Waals surface area (Å²) in [4.78, 5) is 12.4. The first-order chi connectivity index (χ1) is 14.1. The molecule has 0 aliphatic heterocycles. The van der Waals surface area contributed by atoms with Crippen molar-refractivity contribution in [3.63, 3.8) is 0 Å². The summed E-state index contributed by atoms with van der Waals surface area (Å²) in [6, 6.07) is 13.9. The van der Waals surface area contributed by atoms with E-state index < -0.39 is 22.0 Å². The topological polar surface area (TPSA) is 98.5 Å². The van der Waals surface area contributed by atoms with Gasteiger partial charge in [-0.2, -0.15) is 0 Å². The third kappa shape index (κ3) is 5.61. The Morgan fingerprint density at radius 1 is 1.23 bits per heavy atom. The van der Waals surface area contributed by atoms with E-state index in [9.17, 15) is 13.2 Å². The SMILES string of the molecule is Cc1noc(-c2ccc(CS(C)(=O)=O)cc2)c1NC(=O)OC(C)c1cccc(Cl)c1. The Hall–Kier alpha value is -2.84. The largest absolute Gasteiger partial charge is 0.441 e. The molecule has 2 aromatic carbocycles. The Morgan fingerprint density at radius 3 is 2.57 bits per heavy atom. The quantitative estimate of drug-likeness (QED) is 0.559. The third-order valence-corrected chi connectivity index (χ3v) is 5.43. The zero-order chi connectivity index (χ0) is 21.9. The molecule has 1 atom stereocenters. The van der Waals surface area contributed by atoms with Crippen LogP contribution in [-0.4, -0.2) is 25.9 Å². The molecule has 0 saturated carbocycles.